The number of aryl methyl sites for hydroxylation is 1. The highest BCUT2D eigenvalue weighted by Gasteiger charge is 2.26. The van der Waals surface area contributed by atoms with Crippen molar-refractivity contribution in [3.63, 3.8) is 0 Å². The Labute approximate surface area is 156 Å². The molecule has 0 amide bonds. The van der Waals surface area contributed by atoms with E-state index in [2.05, 4.69) is 4.90 Å². The Bertz CT molecular complexity index is 784. The molecular weight excluding hydrogens is 348 g/mol. The van der Waals surface area contributed by atoms with E-state index >= 15 is 0 Å². The van der Waals surface area contributed by atoms with E-state index in [1.165, 1.54) is 0 Å². The lowest BCUT2D eigenvalue weighted by Gasteiger charge is -2.33. The van der Waals surface area contributed by atoms with Gasteiger partial charge in [0.2, 0.25) is 10.0 Å². The van der Waals surface area contributed by atoms with Crippen LogP contribution in [0.4, 0.5) is 0 Å². The summed E-state index contributed by atoms with van der Waals surface area (Å²) in [6.45, 7) is 5.98. The third-order valence-corrected chi connectivity index (χ3v) is 6.46. The molecule has 0 saturated carbocycles. The molecule has 3 rings (SSSR count). The van der Waals surface area contributed by atoms with Gasteiger partial charge >= 0.3 is 0 Å². The number of ether oxygens (including phenoxy) is 1. The fourth-order valence-corrected chi connectivity index (χ4v) is 4.54. The maximum atomic E-state index is 12.6. The zero-order valence-corrected chi connectivity index (χ0v) is 16.0. The summed E-state index contributed by atoms with van der Waals surface area (Å²) in [5.74, 6) is 0.941. The van der Waals surface area contributed by atoms with E-state index in [1.54, 1.807) is 4.31 Å². The van der Waals surface area contributed by atoms with E-state index in [-0.39, 0.29) is 5.75 Å². The molecule has 0 N–H and O–H groups in total. The highest BCUT2D eigenvalue weighted by atomic mass is 32.2. The molecule has 1 aliphatic heterocycles. The monoisotopic (exact) mass is 374 g/mol. The van der Waals surface area contributed by atoms with E-state index < -0.39 is 10.0 Å². The first-order valence-electron chi connectivity index (χ1n) is 8.96. The third-order valence-electron chi connectivity index (χ3n) is 4.61. The molecule has 1 heterocycles. The predicted octanol–water partition coefficient (Wildman–Crippen LogP) is 2.52. The standard InChI is InChI=1S/C20H26N2O3S/c1-18-7-9-19(10-8-18)17-26(23,24)22-13-11-21(12-14-22)15-16-25-20-5-3-2-4-6-20/h2-10H,11-17H2,1H3. The fraction of sp³-hybridized carbons (Fsp3) is 0.400. The van der Waals surface area contributed by atoms with Crippen LogP contribution in [-0.2, 0) is 15.8 Å². The quantitative estimate of drug-likeness (QED) is 0.747. The van der Waals surface area contributed by atoms with Crippen LogP contribution in [0.3, 0.4) is 0 Å². The Balaban J connectivity index is 1.44. The topological polar surface area (TPSA) is 49.9 Å². The molecule has 2 aromatic carbocycles. The smallest absolute Gasteiger partial charge is 0.218 e. The molecule has 0 aliphatic carbocycles. The molecule has 0 radical (unpaired) electrons. The molecule has 0 bridgehead atoms. The van der Waals surface area contributed by atoms with Gasteiger partial charge in [0.1, 0.15) is 12.4 Å². The molecule has 2 aromatic rings. The van der Waals surface area contributed by atoms with Crippen molar-refractivity contribution in [1.82, 2.24) is 9.21 Å². The van der Waals surface area contributed by atoms with Crippen LogP contribution in [0.25, 0.3) is 0 Å². The van der Waals surface area contributed by atoms with E-state index in [0.29, 0.717) is 19.7 Å². The second kappa shape index (κ2) is 8.66. The van der Waals surface area contributed by atoms with Crippen molar-refractivity contribution in [2.75, 3.05) is 39.3 Å². The molecular formula is C20H26N2O3S. The van der Waals surface area contributed by atoms with Gasteiger partial charge in [-0.25, -0.2) is 8.42 Å². The van der Waals surface area contributed by atoms with Gasteiger partial charge in [0.15, 0.2) is 0 Å². The molecule has 0 unspecified atom stereocenters. The molecule has 1 fully saturated rings. The minimum atomic E-state index is -3.26. The number of piperazine rings is 1. The number of hydrogen-bond acceptors (Lipinski definition) is 4. The van der Waals surface area contributed by atoms with Crippen molar-refractivity contribution in [1.29, 1.82) is 0 Å². The Morgan fingerprint density at radius 3 is 2.23 bits per heavy atom. The first-order chi connectivity index (χ1) is 12.5. The Morgan fingerprint density at radius 2 is 1.58 bits per heavy atom. The number of sulfonamides is 1. The van der Waals surface area contributed by atoms with Gasteiger partial charge in [-0.15, -0.1) is 0 Å². The third kappa shape index (κ3) is 5.30. The zero-order valence-electron chi connectivity index (χ0n) is 15.2. The maximum absolute atomic E-state index is 12.6. The van der Waals surface area contributed by atoms with E-state index in [9.17, 15) is 8.42 Å². The van der Waals surface area contributed by atoms with Crippen LogP contribution in [0, 0.1) is 6.92 Å². The molecule has 6 heteroatoms. The summed E-state index contributed by atoms with van der Waals surface area (Å²) in [6.07, 6.45) is 0. The molecule has 0 aromatic heterocycles. The number of benzene rings is 2. The minimum absolute atomic E-state index is 0.0738. The molecule has 0 spiro atoms. The average Bonchev–Trinajstić information content (AvgIpc) is 2.65. The van der Waals surface area contributed by atoms with Crippen molar-refractivity contribution in [3.8, 4) is 5.75 Å². The fourth-order valence-electron chi connectivity index (χ4n) is 3.03. The van der Waals surface area contributed by atoms with Crippen molar-refractivity contribution in [3.05, 3.63) is 65.7 Å². The van der Waals surface area contributed by atoms with Crippen molar-refractivity contribution >= 4 is 10.0 Å². The van der Waals surface area contributed by atoms with Crippen molar-refractivity contribution in [2.24, 2.45) is 0 Å². The summed E-state index contributed by atoms with van der Waals surface area (Å²) in [6, 6.07) is 17.4. The summed E-state index contributed by atoms with van der Waals surface area (Å²) >= 11 is 0. The second-order valence-corrected chi connectivity index (χ2v) is 8.61. The van der Waals surface area contributed by atoms with Crippen LogP contribution in [-0.4, -0.2) is 57.0 Å². The number of hydrogen-bond donors (Lipinski definition) is 0. The van der Waals surface area contributed by atoms with Gasteiger partial charge in [0.25, 0.3) is 0 Å². The van der Waals surface area contributed by atoms with Gasteiger partial charge < -0.3 is 4.74 Å². The van der Waals surface area contributed by atoms with Gasteiger partial charge in [-0.2, -0.15) is 4.31 Å². The lowest BCUT2D eigenvalue weighted by Crippen LogP contribution is -2.49. The molecule has 1 saturated heterocycles. The van der Waals surface area contributed by atoms with E-state index in [0.717, 1.165) is 36.5 Å². The molecule has 0 atom stereocenters. The van der Waals surface area contributed by atoms with Crippen LogP contribution < -0.4 is 4.74 Å². The summed E-state index contributed by atoms with van der Waals surface area (Å²) in [7, 11) is -3.26. The number of rotatable bonds is 7. The Hall–Kier alpha value is -1.89. The largest absolute Gasteiger partial charge is 0.492 e. The van der Waals surface area contributed by atoms with Crippen molar-refractivity contribution in [2.45, 2.75) is 12.7 Å². The van der Waals surface area contributed by atoms with Gasteiger partial charge in [-0.1, -0.05) is 48.0 Å². The average molecular weight is 375 g/mol. The number of nitrogens with zero attached hydrogens (tertiary/aromatic N) is 2. The van der Waals surface area contributed by atoms with Gasteiger partial charge in [0, 0.05) is 32.7 Å². The molecule has 140 valence electrons. The van der Waals surface area contributed by atoms with E-state index in [4.69, 9.17) is 4.74 Å². The van der Waals surface area contributed by atoms with E-state index in [1.807, 2.05) is 61.5 Å². The van der Waals surface area contributed by atoms with Gasteiger partial charge in [-0.05, 0) is 24.6 Å². The second-order valence-electron chi connectivity index (χ2n) is 6.64. The van der Waals surface area contributed by atoms with Crippen LogP contribution in [0.5, 0.6) is 5.75 Å². The highest BCUT2D eigenvalue weighted by molar-refractivity contribution is 7.88. The molecule has 26 heavy (non-hydrogen) atoms. The Kier molecular flexibility index (Phi) is 6.29. The summed E-state index contributed by atoms with van der Waals surface area (Å²) in [5, 5.41) is 0. The van der Waals surface area contributed by atoms with Crippen LogP contribution in [0.2, 0.25) is 0 Å². The summed E-state index contributed by atoms with van der Waals surface area (Å²) < 4.78 is 32.6. The minimum Gasteiger partial charge on any atom is -0.492 e. The lowest BCUT2D eigenvalue weighted by atomic mass is 10.2. The first kappa shape index (κ1) is 18.9. The summed E-state index contributed by atoms with van der Waals surface area (Å²) in [5.41, 5.74) is 1.98. The lowest BCUT2D eigenvalue weighted by molar-refractivity contribution is 0.159. The molecule has 1 aliphatic rings. The SMILES string of the molecule is Cc1ccc(CS(=O)(=O)N2CCN(CCOc3ccccc3)CC2)cc1. The van der Waals surface area contributed by atoms with Crippen LogP contribution in [0.1, 0.15) is 11.1 Å². The van der Waals surface area contributed by atoms with Gasteiger partial charge in [-0.3, -0.25) is 4.90 Å². The Morgan fingerprint density at radius 1 is 0.923 bits per heavy atom. The number of para-hydroxylation sites is 1. The maximum Gasteiger partial charge on any atom is 0.218 e. The predicted molar refractivity (Wildman–Crippen MR) is 104 cm³/mol. The van der Waals surface area contributed by atoms with Gasteiger partial charge in [0.05, 0.1) is 5.75 Å². The van der Waals surface area contributed by atoms with Crippen LogP contribution >= 0.6 is 0 Å². The first-order valence-corrected chi connectivity index (χ1v) is 10.6. The summed E-state index contributed by atoms with van der Waals surface area (Å²) in [4.78, 5) is 2.25. The van der Waals surface area contributed by atoms with Crippen LogP contribution in [0.15, 0.2) is 54.6 Å². The molecule has 5 nitrogen and oxygen atoms in total. The van der Waals surface area contributed by atoms with Crippen molar-refractivity contribution < 1.29 is 13.2 Å². The zero-order chi connectivity index (χ0) is 18.4. The highest BCUT2D eigenvalue weighted by Crippen LogP contribution is 2.15. The normalized spacial score (nSPS) is 16.5.